The van der Waals surface area contributed by atoms with Gasteiger partial charge in [-0.3, -0.25) is 4.79 Å². The fourth-order valence-corrected chi connectivity index (χ4v) is 1.37. The van der Waals surface area contributed by atoms with Crippen molar-refractivity contribution in [1.29, 1.82) is 0 Å². The van der Waals surface area contributed by atoms with Gasteiger partial charge >= 0.3 is 6.18 Å². The smallest absolute Gasteiger partial charge is 0.416 e. The Labute approximate surface area is 94.9 Å². The molecule has 0 N–H and O–H groups in total. The molecule has 0 fully saturated rings. The first-order chi connectivity index (χ1) is 7.88. The fraction of sp³-hybridized carbons (Fsp3) is 0.273. The summed E-state index contributed by atoms with van der Waals surface area (Å²) in [5.74, 6) is -0.365. The zero-order valence-corrected chi connectivity index (χ0v) is 8.78. The molecule has 2 rings (SSSR count). The van der Waals surface area contributed by atoms with Crippen molar-refractivity contribution in [3.8, 4) is 0 Å². The molecule has 6 heteroatoms. The lowest BCUT2D eigenvalue weighted by Crippen LogP contribution is -2.12. The predicted molar refractivity (Wildman–Crippen MR) is 53.5 cm³/mol. The zero-order valence-electron chi connectivity index (χ0n) is 8.78. The molecule has 1 aliphatic rings. The van der Waals surface area contributed by atoms with Gasteiger partial charge in [0.2, 0.25) is 5.90 Å². The largest absolute Gasteiger partial charge is 0.464 e. The Hall–Kier alpha value is -1.85. The van der Waals surface area contributed by atoms with E-state index in [2.05, 4.69) is 4.99 Å². The number of carbonyl (C=O) groups excluding carboxylic acids is 1. The summed E-state index contributed by atoms with van der Waals surface area (Å²) < 4.78 is 42.0. The molecule has 0 saturated heterocycles. The molecule has 3 nitrogen and oxygen atoms in total. The number of amides is 1. The second-order valence-electron chi connectivity index (χ2n) is 3.59. The Morgan fingerprint density at radius 2 is 1.82 bits per heavy atom. The second-order valence-corrected chi connectivity index (χ2v) is 3.59. The summed E-state index contributed by atoms with van der Waals surface area (Å²) in [4.78, 5) is 14.7. The van der Waals surface area contributed by atoms with Crippen molar-refractivity contribution in [3.05, 3.63) is 35.4 Å². The lowest BCUT2D eigenvalue weighted by Gasteiger charge is -2.08. The third-order valence-corrected chi connectivity index (χ3v) is 2.31. The Balaban J connectivity index is 2.26. The number of alkyl halides is 3. The third-order valence-electron chi connectivity index (χ3n) is 2.31. The summed E-state index contributed by atoms with van der Waals surface area (Å²) in [6.45, 7) is 1.53. The van der Waals surface area contributed by atoms with E-state index in [0.29, 0.717) is 5.56 Å². The molecule has 0 spiro atoms. The van der Waals surface area contributed by atoms with Crippen LogP contribution in [0.1, 0.15) is 18.1 Å². The lowest BCUT2D eigenvalue weighted by molar-refractivity contribution is -0.137. The molecular weight excluding hydrogens is 235 g/mol. The number of halogens is 3. The van der Waals surface area contributed by atoms with Crippen molar-refractivity contribution in [2.24, 2.45) is 4.99 Å². The highest BCUT2D eigenvalue weighted by molar-refractivity contribution is 6.07. The zero-order chi connectivity index (χ0) is 12.6. The van der Waals surface area contributed by atoms with Crippen LogP contribution in [0.2, 0.25) is 0 Å². The summed E-state index contributed by atoms with van der Waals surface area (Å²) in [6.07, 6.45) is -5.05. The number of rotatable bonds is 1. The van der Waals surface area contributed by atoms with Gasteiger partial charge in [0, 0.05) is 5.56 Å². The van der Waals surface area contributed by atoms with E-state index >= 15 is 0 Å². The van der Waals surface area contributed by atoms with Crippen molar-refractivity contribution in [1.82, 2.24) is 0 Å². The van der Waals surface area contributed by atoms with Gasteiger partial charge in [0.1, 0.15) is 0 Å². The highest BCUT2D eigenvalue weighted by atomic mass is 19.4. The minimum atomic E-state index is -4.38. The summed E-state index contributed by atoms with van der Waals surface area (Å²) in [7, 11) is 0. The Morgan fingerprint density at radius 1 is 1.24 bits per heavy atom. The molecule has 1 atom stereocenters. The van der Waals surface area contributed by atoms with E-state index in [1.165, 1.54) is 19.1 Å². The summed E-state index contributed by atoms with van der Waals surface area (Å²) in [6, 6.07) is 4.31. The standard InChI is InChI=1S/C11H8F3NO2/c1-6-9(16)15-10(17-6)7-2-4-8(5-3-7)11(12,13)14/h2-6H,1H3. The minimum Gasteiger partial charge on any atom is -0.464 e. The molecular formula is C11H8F3NO2. The molecule has 1 unspecified atom stereocenters. The van der Waals surface area contributed by atoms with Crippen LogP contribution in [-0.2, 0) is 15.7 Å². The topological polar surface area (TPSA) is 38.7 Å². The van der Waals surface area contributed by atoms with Crippen molar-refractivity contribution in [2.45, 2.75) is 19.2 Å². The molecule has 0 radical (unpaired) electrons. The van der Waals surface area contributed by atoms with E-state index in [-0.39, 0.29) is 5.90 Å². The van der Waals surface area contributed by atoms with Crippen molar-refractivity contribution >= 4 is 11.8 Å². The van der Waals surface area contributed by atoms with Gasteiger partial charge < -0.3 is 4.74 Å². The monoisotopic (exact) mass is 243 g/mol. The van der Waals surface area contributed by atoms with Gasteiger partial charge in [0.15, 0.2) is 6.10 Å². The van der Waals surface area contributed by atoms with Gasteiger partial charge in [-0.1, -0.05) is 0 Å². The van der Waals surface area contributed by atoms with Crippen LogP contribution in [0.25, 0.3) is 0 Å². The molecule has 1 heterocycles. The van der Waals surface area contributed by atoms with Crippen LogP contribution >= 0.6 is 0 Å². The van der Waals surface area contributed by atoms with E-state index < -0.39 is 23.8 Å². The van der Waals surface area contributed by atoms with Crippen LogP contribution in [0.4, 0.5) is 13.2 Å². The summed E-state index contributed by atoms with van der Waals surface area (Å²) in [5, 5.41) is 0. The number of hydrogen-bond acceptors (Lipinski definition) is 2. The predicted octanol–water partition coefficient (Wildman–Crippen LogP) is 2.40. The molecule has 1 aromatic carbocycles. The number of carbonyl (C=O) groups is 1. The van der Waals surface area contributed by atoms with E-state index in [0.717, 1.165) is 12.1 Å². The maximum absolute atomic E-state index is 12.3. The average Bonchev–Trinajstić information content (AvgIpc) is 2.58. The van der Waals surface area contributed by atoms with Gasteiger partial charge in [-0.25, -0.2) is 0 Å². The molecule has 0 aliphatic carbocycles. The quantitative estimate of drug-likeness (QED) is 0.759. The Bertz CT molecular complexity index is 476. The van der Waals surface area contributed by atoms with Crippen molar-refractivity contribution in [2.75, 3.05) is 0 Å². The van der Waals surface area contributed by atoms with Crippen molar-refractivity contribution < 1.29 is 22.7 Å². The molecule has 90 valence electrons. The van der Waals surface area contributed by atoms with Gasteiger partial charge in [-0.15, -0.1) is 0 Å². The highest BCUT2D eigenvalue weighted by Crippen LogP contribution is 2.29. The fourth-order valence-electron chi connectivity index (χ4n) is 1.37. The molecule has 1 aromatic rings. The first-order valence-corrected chi connectivity index (χ1v) is 4.85. The molecule has 1 aliphatic heterocycles. The normalized spacial score (nSPS) is 20.1. The van der Waals surface area contributed by atoms with Crippen LogP contribution in [0.3, 0.4) is 0 Å². The van der Waals surface area contributed by atoms with E-state index in [1.54, 1.807) is 0 Å². The number of benzene rings is 1. The third kappa shape index (κ3) is 2.30. The summed E-state index contributed by atoms with van der Waals surface area (Å²) in [5.41, 5.74) is -0.394. The van der Waals surface area contributed by atoms with Crippen LogP contribution in [0, 0.1) is 0 Å². The lowest BCUT2D eigenvalue weighted by atomic mass is 10.1. The number of hydrogen-bond donors (Lipinski definition) is 0. The molecule has 0 bridgehead atoms. The Kier molecular flexibility index (Phi) is 2.65. The van der Waals surface area contributed by atoms with Crippen LogP contribution in [0.5, 0.6) is 0 Å². The molecule has 0 aromatic heterocycles. The van der Waals surface area contributed by atoms with Crippen LogP contribution < -0.4 is 0 Å². The molecule has 1 amide bonds. The SMILES string of the molecule is CC1OC(c2ccc(C(F)(F)F)cc2)=NC1=O. The van der Waals surface area contributed by atoms with E-state index in [1.807, 2.05) is 0 Å². The minimum absolute atomic E-state index is 0.0659. The van der Waals surface area contributed by atoms with Gasteiger partial charge in [0.25, 0.3) is 5.91 Å². The Morgan fingerprint density at radius 3 is 2.24 bits per heavy atom. The first-order valence-electron chi connectivity index (χ1n) is 4.85. The van der Waals surface area contributed by atoms with Gasteiger partial charge in [0.05, 0.1) is 5.56 Å². The molecule has 17 heavy (non-hydrogen) atoms. The molecule has 0 saturated carbocycles. The average molecular weight is 243 g/mol. The van der Waals surface area contributed by atoms with Gasteiger partial charge in [-0.05, 0) is 31.2 Å². The van der Waals surface area contributed by atoms with Crippen molar-refractivity contribution in [3.63, 3.8) is 0 Å². The number of ether oxygens (including phenoxy) is 1. The van der Waals surface area contributed by atoms with E-state index in [4.69, 9.17) is 4.74 Å². The van der Waals surface area contributed by atoms with Gasteiger partial charge in [-0.2, -0.15) is 18.2 Å². The summed E-state index contributed by atoms with van der Waals surface area (Å²) >= 11 is 0. The maximum Gasteiger partial charge on any atom is 0.416 e. The van der Waals surface area contributed by atoms with Crippen LogP contribution in [0.15, 0.2) is 29.3 Å². The number of aliphatic imine (C=N–C) groups is 1. The highest BCUT2D eigenvalue weighted by Gasteiger charge is 2.31. The number of nitrogens with zero attached hydrogens (tertiary/aromatic N) is 1. The van der Waals surface area contributed by atoms with E-state index in [9.17, 15) is 18.0 Å². The van der Waals surface area contributed by atoms with Crippen LogP contribution in [-0.4, -0.2) is 17.9 Å². The second kappa shape index (κ2) is 3.87. The first kappa shape index (κ1) is 11.6. The maximum atomic E-state index is 12.3.